The van der Waals surface area contributed by atoms with E-state index in [1.807, 2.05) is 36.4 Å². The van der Waals surface area contributed by atoms with E-state index in [0.29, 0.717) is 24.7 Å². The van der Waals surface area contributed by atoms with Crippen molar-refractivity contribution in [1.82, 2.24) is 15.5 Å². The quantitative estimate of drug-likeness (QED) is 0.372. The summed E-state index contributed by atoms with van der Waals surface area (Å²) in [7, 11) is 0. The monoisotopic (exact) mass is 455 g/mol. The third-order valence-corrected chi connectivity index (χ3v) is 6.25. The van der Waals surface area contributed by atoms with Gasteiger partial charge in [0, 0.05) is 30.1 Å². The molecule has 1 aromatic heterocycles. The molecule has 4 rings (SSSR count). The van der Waals surface area contributed by atoms with Crippen LogP contribution in [0, 0.1) is 0 Å². The Labute approximate surface area is 191 Å². The van der Waals surface area contributed by atoms with Gasteiger partial charge in [0.05, 0.1) is 12.5 Å². The maximum atomic E-state index is 10.5. The van der Waals surface area contributed by atoms with Crippen LogP contribution in [0.4, 0.5) is 0 Å². The minimum Gasteiger partial charge on any atom is -0.481 e. The van der Waals surface area contributed by atoms with Crippen molar-refractivity contribution in [2.45, 2.75) is 43.6 Å². The van der Waals surface area contributed by atoms with Gasteiger partial charge in [-0.05, 0) is 47.9 Å². The third-order valence-electron chi connectivity index (χ3n) is 6.00. The predicted octanol–water partition coefficient (Wildman–Crippen LogP) is 4.15. The summed E-state index contributed by atoms with van der Waals surface area (Å²) in [4.78, 5) is 15.1. The Morgan fingerprint density at radius 2 is 1.88 bits per heavy atom. The second kappa shape index (κ2) is 9.81. The second-order valence-corrected chi connectivity index (χ2v) is 8.72. The van der Waals surface area contributed by atoms with Crippen molar-refractivity contribution in [2.24, 2.45) is 0 Å². The lowest BCUT2D eigenvalue weighted by Crippen LogP contribution is -2.24. The molecule has 0 saturated heterocycles. The lowest BCUT2D eigenvalue weighted by atomic mass is 9.91. The topological polar surface area (TPSA) is 108 Å². The van der Waals surface area contributed by atoms with Crippen LogP contribution >= 0.6 is 11.6 Å². The normalized spacial score (nSPS) is 15.4. The van der Waals surface area contributed by atoms with Gasteiger partial charge in [-0.15, -0.1) is 0 Å². The van der Waals surface area contributed by atoms with Crippen molar-refractivity contribution in [1.29, 1.82) is 0 Å². The lowest BCUT2D eigenvalue weighted by Gasteiger charge is -2.14. The van der Waals surface area contributed by atoms with Crippen LogP contribution in [0.1, 0.15) is 48.8 Å². The fourth-order valence-electron chi connectivity index (χ4n) is 3.86. The molecule has 3 aromatic rings. The summed E-state index contributed by atoms with van der Waals surface area (Å²) in [5.74, 6) is 0.275. The van der Waals surface area contributed by atoms with Crippen LogP contribution in [0.5, 0.6) is 0 Å². The van der Waals surface area contributed by atoms with E-state index in [1.165, 1.54) is 5.56 Å². The molecule has 8 heteroatoms. The second-order valence-electron chi connectivity index (χ2n) is 8.28. The van der Waals surface area contributed by atoms with E-state index < -0.39 is 12.1 Å². The number of aliphatic hydroxyl groups excluding tert-OH is 1. The number of carbonyl (C=O) groups is 1. The van der Waals surface area contributed by atoms with Crippen LogP contribution in [-0.4, -0.2) is 39.4 Å². The Balaban J connectivity index is 1.31. The zero-order valence-corrected chi connectivity index (χ0v) is 18.4. The summed E-state index contributed by atoms with van der Waals surface area (Å²) >= 11 is 6.01. The molecule has 1 fully saturated rings. The van der Waals surface area contributed by atoms with E-state index in [0.717, 1.165) is 35.4 Å². The molecule has 1 heterocycles. The molecule has 0 bridgehead atoms. The lowest BCUT2D eigenvalue weighted by molar-refractivity contribution is -0.136. The number of aryl methyl sites for hydroxylation is 1. The smallest absolute Gasteiger partial charge is 0.304 e. The highest BCUT2D eigenvalue weighted by atomic mass is 35.5. The molecule has 168 valence electrons. The van der Waals surface area contributed by atoms with Crippen LogP contribution in [-0.2, 0) is 16.6 Å². The van der Waals surface area contributed by atoms with Gasteiger partial charge in [-0.1, -0.05) is 53.2 Å². The number of benzene rings is 2. The molecule has 1 saturated carbocycles. The third kappa shape index (κ3) is 5.54. The summed E-state index contributed by atoms with van der Waals surface area (Å²) < 4.78 is 5.47. The Morgan fingerprint density at radius 3 is 2.53 bits per heavy atom. The van der Waals surface area contributed by atoms with Gasteiger partial charge in [0.1, 0.15) is 0 Å². The molecule has 1 aliphatic carbocycles. The van der Waals surface area contributed by atoms with E-state index in [2.05, 4.69) is 27.6 Å². The van der Waals surface area contributed by atoms with E-state index in [1.54, 1.807) is 0 Å². The van der Waals surface area contributed by atoms with Crippen molar-refractivity contribution in [2.75, 3.05) is 13.1 Å². The van der Waals surface area contributed by atoms with Crippen molar-refractivity contribution < 1.29 is 19.5 Å². The first-order chi connectivity index (χ1) is 15.4. The molecular weight excluding hydrogens is 430 g/mol. The number of aliphatic carboxylic acids is 1. The number of hydrogen-bond acceptors (Lipinski definition) is 6. The minimum atomic E-state index is -0.867. The maximum Gasteiger partial charge on any atom is 0.304 e. The Hall–Kier alpha value is -2.74. The van der Waals surface area contributed by atoms with Gasteiger partial charge in [-0.2, -0.15) is 4.98 Å². The average Bonchev–Trinajstić information content (AvgIpc) is 3.44. The van der Waals surface area contributed by atoms with Gasteiger partial charge in [0.15, 0.2) is 0 Å². The Morgan fingerprint density at radius 1 is 1.16 bits per heavy atom. The number of rotatable bonds is 11. The minimum absolute atomic E-state index is 0.0205. The number of hydrogen-bond donors (Lipinski definition) is 3. The molecule has 0 amide bonds. The highest BCUT2D eigenvalue weighted by Gasteiger charge is 2.43. The maximum absolute atomic E-state index is 10.5. The number of aliphatic hydroxyl groups is 1. The van der Waals surface area contributed by atoms with Crippen LogP contribution < -0.4 is 5.32 Å². The fraction of sp³-hybridized carbons (Fsp3) is 0.375. The summed E-state index contributed by atoms with van der Waals surface area (Å²) in [6.07, 6.45) is 3.29. The predicted molar refractivity (Wildman–Crippen MR) is 121 cm³/mol. The largest absolute Gasteiger partial charge is 0.481 e. The molecule has 7 nitrogen and oxygen atoms in total. The Kier molecular flexibility index (Phi) is 6.89. The highest BCUT2D eigenvalue weighted by molar-refractivity contribution is 6.30. The van der Waals surface area contributed by atoms with E-state index >= 15 is 0 Å². The van der Waals surface area contributed by atoms with Crippen molar-refractivity contribution in [3.05, 3.63) is 70.6 Å². The molecule has 32 heavy (non-hydrogen) atoms. The summed E-state index contributed by atoms with van der Waals surface area (Å²) in [5.41, 5.74) is 3.05. The molecule has 1 unspecified atom stereocenters. The van der Waals surface area contributed by atoms with E-state index in [-0.39, 0.29) is 18.4 Å². The molecule has 2 aromatic carbocycles. The molecule has 0 aliphatic heterocycles. The molecule has 0 spiro atoms. The summed E-state index contributed by atoms with van der Waals surface area (Å²) in [5, 5.41) is 26.7. The summed E-state index contributed by atoms with van der Waals surface area (Å²) in [6.45, 7) is 0.601. The van der Waals surface area contributed by atoms with Gasteiger partial charge in [0.2, 0.25) is 11.7 Å². The molecular formula is C24H26ClN3O4. The molecule has 1 atom stereocenters. The standard InChI is InChI=1S/C24H26ClN3O4/c25-19-7-5-18(6-8-19)24(12-13-24)11-9-21-27-23(28-32-21)17-3-1-16(2-4-17)20(29)15-26-14-10-22(30)31/h1-8,20,26,29H,9-15H2,(H,30,31). The number of aromatic nitrogens is 2. The summed E-state index contributed by atoms with van der Waals surface area (Å²) in [6, 6.07) is 15.4. The van der Waals surface area contributed by atoms with Crippen molar-refractivity contribution in [3.63, 3.8) is 0 Å². The zero-order valence-electron chi connectivity index (χ0n) is 17.6. The number of nitrogens with zero attached hydrogens (tertiary/aromatic N) is 2. The first-order valence-electron chi connectivity index (χ1n) is 10.7. The number of carboxylic acids is 1. The zero-order chi connectivity index (χ0) is 22.6. The highest BCUT2D eigenvalue weighted by Crippen LogP contribution is 2.51. The van der Waals surface area contributed by atoms with Gasteiger partial charge in [-0.3, -0.25) is 4.79 Å². The van der Waals surface area contributed by atoms with Gasteiger partial charge >= 0.3 is 5.97 Å². The number of carboxylic acid groups (broad SMARTS) is 1. The van der Waals surface area contributed by atoms with E-state index in [9.17, 15) is 9.90 Å². The number of halogens is 1. The van der Waals surface area contributed by atoms with Crippen LogP contribution in [0.3, 0.4) is 0 Å². The van der Waals surface area contributed by atoms with Crippen molar-refractivity contribution in [3.8, 4) is 11.4 Å². The van der Waals surface area contributed by atoms with Crippen LogP contribution in [0.2, 0.25) is 5.02 Å². The van der Waals surface area contributed by atoms with Gasteiger partial charge in [-0.25, -0.2) is 0 Å². The first kappa shape index (κ1) is 22.5. The SMILES string of the molecule is O=C(O)CCNCC(O)c1ccc(-c2noc(CCC3(c4ccc(Cl)cc4)CC3)n2)cc1. The van der Waals surface area contributed by atoms with Crippen LogP contribution in [0.25, 0.3) is 11.4 Å². The fourth-order valence-corrected chi connectivity index (χ4v) is 3.99. The van der Waals surface area contributed by atoms with Gasteiger partial charge < -0.3 is 20.1 Å². The number of nitrogens with one attached hydrogen (secondary N) is 1. The molecule has 3 N–H and O–H groups in total. The molecule has 1 aliphatic rings. The van der Waals surface area contributed by atoms with E-state index in [4.69, 9.17) is 21.2 Å². The Bertz CT molecular complexity index is 1050. The first-order valence-corrected chi connectivity index (χ1v) is 11.1. The van der Waals surface area contributed by atoms with Crippen molar-refractivity contribution >= 4 is 17.6 Å². The van der Waals surface area contributed by atoms with Gasteiger partial charge in [0.25, 0.3) is 0 Å². The molecule has 0 radical (unpaired) electrons. The van der Waals surface area contributed by atoms with Crippen LogP contribution in [0.15, 0.2) is 53.1 Å². The average molecular weight is 456 g/mol.